The Labute approximate surface area is 162 Å². The minimum absolute atomic E-state index is 0.616. The van der Waals surface area contributed by atoms with Crippen LogP contribution in [-0.4, -0.2) is 93.9 Å². The molecule has 2 aliphatic rings. The third-order valence-electron chi connectivity index (χ3n) is 4.71. The Bertz CT molecular complexity index is 493. The number of nitrogens with zero attached hydrogens (tertiary/aromatic N) is 3. The fourth-order valence-electron chi connectivity index (χ4n) is 3.12. The molecule has 0 saturated carbocycles. The molecule has 8 nitrogen and oxygen atoms in total. The molecule has 1 saturated heterocycles. The number of fused-ring (bicyclic) bond motifs is 5. The zero-order valence-corrected chi connectivity index (χ0v) is 16.2. The molecule has 0 aliphatic carbocycles. The Hall–Kier alpha value is -1.13. The lowest BCUT2D eigenvalue weighted by Crippen LogP contribution is -2.42. The maximum absolute atomic E-state index is 5.79. The van der Waals surface area contributed by atoms with Crippen LogP contribution in [0.2, 0.25) is 0 Å². The van der Waals surface area contributed by atoms with Crippen LogP contribution in [0, 0.1) is 0 Å². The maximum atomic E-state index is 5.79. The second-order valence-electron chi connectivity index (χ2n) is 6.90. The molecule has 0 spiro atoms. The number of ether oxygens (including phenoxy) is 3. The Balaban J connectivity index is 1.62. The average Bonchev–Trinajstić information content (AvgIpc) is 2.70. The largest absolute Gasteiger partial charge is 0.377 e. The minimum atomic E-state index is 0.616. The fraction of sp³-hybridized carbons (Fsp3) is 0.737. The quantitative estimate of drug-likeness (QED) is 0.645. The van der Waals surface area contributed by atoms with Crippen molar-refractivity contribution < 1.29 is 14.2 Å². The van der Waals surface area contributed by atoms with Gasteiger partial charge in [0.25, 0.3) is 0 Å². The van der Waals surface area contributed by atoms with Crippen LogP contribution < -0.4 is 10.6 Å². The molecule has 0 amide bonds. The van der Waals surface area contributed by atoms with Gasteiger partial charge >= 0.3 is 0 Å². The maximum Gasteiger partial charge on any atom is 0.0992 e. The predicted molar refractivity (Wildman–Crippen MR) is 103 cm³/mol. The Kier molecular flexibility index (Phi) is 9.42. The van der Waals surface area contributed by atoms with Crippen molar-refractivity contribution in [3.63, 3.8) is 0 Å². The molecule has 3 rings (SSSR count). The van der Waals surface area contributed by atoms with Gasteiger partial charge < -0.3 is 24.8 Å². The standard InChI is InChI=1S/C19H33N5O3/c1-2-18-14-20-4-6-23-8-9-24(7-5-21-15-19(3-1)22-18)17-27-13-11-25-10-12-26-16-23/h1-3,20-21H,4-17H2. The van der Waals surface area contributed by atoms with E-state index >= 15 is 0 Å². The van der Waals surface area contributed by atoms with Crippen LogP contribution in [0.15, 0.2) is 18.2 Å². The summed E-state index contributed by atoms with van der Waals surface area (Å²) in [7, 11) is 0. The summed E-state index contributed by atoms with van der Waals surface area (Å²) in [6.45, 7) is 10.9. The average molecular weight is 380 g/mol. The van der Waals surface area contributed by atoms with E-state index in [0.29, 0.717) is 39.9 Å². The number of hydrogen-bond acceptors (Lipinski definition) is 8. The summed E-state index contributed by atoms with van der Waals surface area (Å²) in [5.74, 6) is 0. The molecule has 4 bridgehead atoms. The second kappa shape index (κ2) is 12.4. The topological polar surface area (TPSA) is 71.1 Å². The van der Waals surface area contributed by atoms with Crippen molar-refractivity contribution >= 4 is 0 Å². The molecule has 8 heteroatoms. The van der Waals surface area contributed by atoms with Crippen molar-refractivity contribution in [3.8, 4) is 0 Å². The van der Waals surface area contributed by atoms with E-state index in [0.717, 1.165) is 63.7 Å². The Morgan fingerprint density at radius 3 is 1.78 bits per heavy atom. The molecule has 152 valence electrons. The van der Waals surface area contributed by atoms with Gasteiger partial charge in [0.2, 0.25) is 0 Å². The predicted octanol–water partition coefficient (Wildman–Crippen LogP) is -0.143. The zero-order valence-electron chi connectivity index (χ0n) is 16.2. The molecule has 0 radical (unpaired) electrons. The summed E-state index contributed by atoms with van der Waals surface area (Å²) in [4.78, 5) is 9.41. The first-order valence-electron chi connectivity index (χ1n) is 9.94. The number of pyridine rings is 1. The van der Waals surface area contributed by atoms with Gasteiger partial charge in [-0.1, -0.05) is 6.07 Å². The number of hydrogen-bond donors (Lipinski definition) is 2. The van der Waals surface area contributed by atoms with E-state index < -0.39 is 0 Å². The highest BCUT2D eigenvalue weighted by Crippen LogP contribution is 2.01. The molecule has 1 aromatic rings. The van der Waals surface area contributed by atoms with Crippen LogP contribution in [0.25, 0.3) is 0 Å². The van der Waals surface area contributed by atoms with E-state index in [2.05, 4.69) is 38.6 Å². The first-order valence-corrected chi connectivity index (χ1v) is 9.94. The molecule has 1 aromatic heterocycles. The molecular formula is C19H33N5O3. The molecule has 1 fully saturated rings. The van der Waals surface area contributed by atoms with Crippen LogP contribution in [0.3, 0.4) is 0 Å². The number of rotatable bonds is 0. The lowest BCUT2D eigenvalue weighted by Gasteiger charge is -2.27. The van der Waals surface area contributed by atoms with E-state index in [4.69, 9.17) is 19.2 Å². The van der Waals surface area contributed by atoms with Gasteiger partial charge in [0, 0.05) is 52.4 Å². The smallest absolute Gasteiger partial charge is 0.0992 e. The number of aromatic nitrogens is 1. The molecule has 2 aliphatic heterocycles. The first-order chi connectivity index (χ1) is 13.4. The molecule has 2 atom stereocenters. The van der Waals surface area contributed by atoms with Crippen LogP contribution in [0.1, 0.15) is 11.4 Å². The van der Waals surface area contributed by atoms with Crippen LogP contribution in [-0.2, 0) is 27.3 Å². The molecule has 27 heavy (non-hydrogen) atoms. The highest BCUT2D eigenvalue weighted by molar-refractivity contribution is 5.11. The normalized spacial score (nSPS) is 27.4. The van der Waals surface area contributed by atoms with Crippen molar-refractivity contribution in [2.24, 2.45) is 0 Å². The Morgan fingerprint density at radius 1 is 0.704 bits per heavy atom. The van der Waals surface area contributed by atoms with Gasteiger partial charge in [0.15, 0.2) is 0 Å². The summed E-state index contributed by atoms with van der Waals surface area (Å²) in [5, 5.41) is 7.00. The molecule has 3 heterocycles. The van der Waals surface area contributed by atoms with Gasteiger partial charge in [0.1, 0.15) is 0 Å². The van der Waals surface area contributed by atoms with Gasteiger partial charge in [-0.25, -0.2) is 0 Å². The Morgan fingerprint density at radius 2 is 1.22 bits per heavy atom. The SMILES string of the molecule is c1cc2nc(c1)CNCCN1CCN(CCNC2)COCCOCCOC1. The second-order valence-corrected chi connectivity index (χ2v) is 6.90. The molecule has 2 unspecified atom stereocenters. The van der Waals surface area contributed by atoms with Gasteiger partial charge in [0.05, 0.1) is 51.3 Å². The monoisotopic (exact) mass is 379 g/mol. The van der Waals surface area contributed by atoms with E-state index in [1.54, 1.807) is 0 Å². The third kappa shape index (κ3) is 8.18. The van der Waals surface area contributed by atoms with E-state index in [-0.39, 0.29) is 0 Å². The van der Waals surface area contributed by atoms with Crippen LogP contribution >= 0.6 is 0 Å². The van der Waals surface area contributed by atoms with E-state index in [9.17, 15) is 0 Å². The highest BCUT2D eigenvalue weighted by Gasteiger charge is 2.11. The van der Waals surface area contributed by atoms with Crippen molar-refractivity contribution in [3.05, 3.63) is 29.6 Å². The van der Waals surface area contributed by atoms with Crippen LogP contribution in [0.5, 0.6) is 0 Å². The van der Waals surface area contributed by atoms with Gasteiger partial charge in [-0.3, -0.25) is 14.8 Å². The molecule has 0 aromatic carbocycles. The van der Waals surface area contributed by atoms with Crippen LogP contribution in [0.4, 0.5) is 0 Å². The van der Waals surface area contributed by atoms with Crippen molar-refractivity contribution in [2.75, 3.05) is 79.2 Å². The van der Waals surface area contributed by atoms with Gasteiger partial charge in [-0.15, -0.1) is 0 Å². The van der Waals surface area contributed by atoms with Crippen molar-refractivity contribution in [2.45, 2.75) is 13.1 Å². The lowest BCUT2D eigenvalue weighted by atomic mass is 10.3. The molecular weight excluding hydrogens is 346 g/mol. The van der Waals surface area contributed by atoms with E-state index in [1.807, 2.05) is 0 Å². The first kappa shape index (κ1) is 20.6. The highest BCUT2D eigenvalue weighted by atomic mass is 16.5. The van der Waals surface area contributed by atoms with Gasteiger partial charge in [-0.05, 0) is 12.1 Å². The van der Waals surface area contributed by atoms with E-state index in [1.165, 1.54) is 0 Å². The molecule has 2 N–H and O–H groups in total. The lowest BCUT2D eigenvalue weighted by molar-refractivity contribution is -0.0172. The summed E-state index contributed by atoms with van der Waals surface area (Å²) in [6, 6.07) is 6.24. The van der Waals surface area contributed by atoms with Gasteiger partial charge in [-0.2, -0.15) is 0 Å². The number of nitrogens with one attached hydrogen (secondary N) is 2. The summed E-state index contributed by atoms with van der Waals surface area (Å²) < 4.78 is 17.1. The summed E-state index contributed by atoms with van der Waals surface area (Å²) >= 11 is 0. The van der Waals surface area contributed by atoms with Crippen molar-refractivity contribution in [1.29, 1.82) is 0 Å². The summed E-state index contributed by atoms with van der Waals surface area (Å²) in [6.07, 6.45) is 0. The fourth-order valence-corrected chi connectivity index (χ4v) is 3.12. The minimum Gasteiger partial charge on any atom is -0.377 e. The zero-order chi connectivity index (χ0) is 18.6. The summed E-state index contributed by atoms with van der Waals surface area (Å²) in [5.41, 5.74) is 2.17. The van der Waals surface area contributed by atoms with Crippen molar-refractivity contribution in [1.82, 2.24) is 25.4 Å². The third-order valence-corrected chi connectivity index (χ3v) is 4.71.